The molecule has 0 N–H and O–H groups in total. The monoisotopic (exact) mass is 384 g/mol. The average molecular weight is 386 g/mol. The summed E-state index contributed by atoms with van der Waals surface area (Å²) in [5, 5.41) is 37.6. The SMILES string of the molecule is N#Cc1cc2c(Br)c(C#N)c(C#N)cc2c(Br)c1C#N. The highest BCUT2D eigenvalue weighted by Gasteiger charge is 2.17. The molecule has 0 bridgehead atoms. The van der Waals surface area contributed by atoms with Crippen LogP contribution >= 0.6 is 31.9 Å². The molecule has 0 unspecified atom stereocenters. The van der Waals surface area contributed by atoms with Gasteiger partial charge in [0.05, 0.1) is 22.3 Å². The first kappa shape index (κ1) is 14.0. The number of fused-ring (bicyclic) bond motifs is 1. The molecule has 0 fully saturated rings. The summed E-state index contributed by atoms with van der Waals surface area (Å²) < 4.78 is 0.881. The highest BCUT2D eigenvalue weighted by atomic mass is 79.9. The molecular weight excluding hydrogens is 384 g/mol. The highest BCUT2D eigenvalue weighted by molar-refractivity contribution is 9.11. The van der Waals surface area contributed by atoms with Gasteiger partial charge >= 0.3 is 0 Å². The van der Waals surface area contributed by atoms with E-state index in [4.69, 9.17) is 21.0 Å². The van der Waals surface area contributed by atoms with Gasteiger partial charge in [-0.3, -0.25) is 0 Å². The van der Waals surface area contributed by atoms with Crippen LogP contribution in [0.15, 0.2) is 21.1 Å². The maximum Gasteiger partial charge on any atom is 0.102 e. The largest absolute Gasteiger partial charge is 0.192 e. The molecule has 0 aromatic heterocycles. The molecule has 92 valence electrons. The van der Waals surface area contributed by atoms with E-state index >= 15 is 0 Å². The smallest absolute Gasteiger partial charge is 0.102 e. The van der Waals surface area contributed by atoms with E-state index in [9.17, 15) is 0 Å². The Kier molecular flexibility index (Phi) is 3.73. The Bertz CT molecular complexity index is 841. The molecule has 0 saturated heterocycles. The van der Waals surface area contributed by atoms with Crippen molar-refractivity contribution in [2.75, 3.05) is 0 Å². The zero-order chi connectivity index (χ0) is 14.9. The summed E-state index contributed by atoms with van der Waals surface area (Å²) in [5.74, 6) is 0. The molecule has 0 saturated carbocycles. The normalized spacial score (nSPS) is 9.30. The van der Waals surface area contributed by atoms with Crippen LogP contribution in [0.4, 0.5) is 0 Å². The fourth-order valence-corrected chi connectivity index (χ4v) is 3.11. The highest BCUT2D eigenvalue weighted by Crippen LogP contribution is 2.37. The van der Waals surface area contributed by atoms with Crippen molar-refractivity contribution in [2.24, 2.45) is 0 Å². The number of hydrogen-bond acceptors (Lipinski definition) is 4. The lowest BCUT2D eigenvalue weighted by molar-refractivity contribution is 1.41. The third kappa shape index (κ3) is 1.93. The number of hydrogen-bond donors (Lipinski definition) is 0. The van der Waals surface area contributed by atoms with Crippen LogP contribution in [-0.2, 0) is 0 Å². The van der Waals surface area contributed by atoms with Gasteiger partial charge in [-0.05, 0) is 54.8 Å². The topological polar surface area (TPSA) is 95.2 Å². The first-order chi connectivity index (χ1) is 9.58. The van der Waals surface area contributed by atoms with Gasteiger partial charge in [-0.1, -0.05) is 0 Å². The van der Waals surface area contributed by atoms with Gasteiger partial charge in [0.15, 0.2) is 0 Å². The second-order valence-electron chi connectivity index (χ2n) is 3.77. The summed E-state index contributed by atoms with van der Waals surface area (Å²) in [7, 11) is 0. The Labute approximate surface area is 131 Å². The van der Waals surface area contributed by atoms with Crippen molar-refractivity contribution in [3.63, 3.8) is 0 Å². The van der Waals surface area contributed by atoms with E-state index < -0.39 is 0 Å². The van der Waals surface area contributed by atoms with E-state index in [1.54, 1.807) is 0 Å². The van der Waals surface area contributed by atoms with Crippen molar-refractivity contribution in [2.45, 2.75) is 0 Å². The van der Waals surface area contributed by atoms with Crippen molar-refractivity contribution in [1.29, 1.82) is 21.0 Å². The minimum absolute atomic E-state index is 0.209. The molecule has 0 aliphatic rings. The van der Waals surface area contributed by atoms with Crippen LogP contribution in [0.3, 0.4) is 0 Å². The lowest BCUT2D eigenvalue weighted by Crippen LogP contribution is -1.93. The van der Waals surface area contributed by atoms with Crippen LogP contribution in [0.2, 0.25) is 0 Å². The Hall–Kier alpha value is -2.38. The minimum atomic E-state index is 0.209. The fraction of sp³-hybridized carbons (Fsp3) is 0. The number of nitrogens with zero attached hydrogens (tertiary/aromatic N) is 4. The zero-order valence-corrected chi connectivity index (χ0v) is 12.9. The molecule has 0 aliphatic heterocycles. The predicted octanol–water partition coefficient (Wildman–Crippen LogP) is 3.85. The van der Waals surface area contributed by atoms with Crippen molar-refractivity contribution in [3.8, 4) is 24.3 Å². The summed E-state index contributed by atoms with van der Waals surface area (Å²) in [4.78, 5) is 0. The molecule has 20 heavy (non-hydrogen) atoms. The summed E-state index contributed by atoms with van der Waals surface area (Å²) in [6, 6.07) is 10.9. The van der Waals surface area contributed by atoms with E-state index in [1.165, 1.54) is 12.1 Å². The van der Waals surface area contributed by atoms with E-state index in [0.29, 0.717) is 19.7 Å². The van der Waals surface area contributed by atoms with Gasteiger partial charge in [-0.15, -0.1) is 0 Å². The molecule has 0 aliphatic carbocycles. The Morgan fingerprint density at radius 2 is 1.00 bits per heavy atom. The van der Waals surface area contributed by atoms with Crippen molar-refractivity contribution < 1.29 is 0 Å². The van der Waals surface area contributed by atoms with Gasteiger partial charge < -0.3 is 0 Å². The van der Waals surface area contributed by atoms with Crippen LogP contribution < -0.4 is 0 Å². The minimum Gasteiger partial charge on any atom is -0.192 e. The molecule has 2 aromatic rings. The number of rotatable bonds is 0. The quantitative estimate of drug-likeness (QED) is 0.687. The maximum atomic E-state index is 9.13. The zero-order valence-electron chi connectivity index (χ0n) is 9.70. The fourth-order valence-electron chi connectivity index (χ4n) is 1.85. The first-order valence-electron chi connectivity index (χ1n) is 5.18. The summed E-state index contributed by atoms with van der Waals surface area (Å²) in [5.41, 5.74) is 0.836. The molecule has 0 heterocycles. The summed E-state index contributed by atoms with van der Waals surface area (Å²) in [6.45, 7) is 0. The summed E-state index contributed by atoms with van der Waals surface area (Å²) in [6.07, 6.45) is 0. The third-order valence-corrected chi connectivity index (χ3v) is 4.43. The van der Waals surface area contributed by atoms with Crippen molar-refractivity contribution >= 4 is 42.6 Å². The number of halogens is 2. The Morgan fingerprint density at radius 1 is 0.650 bits per heavy atom. The van der Waals surface area contributed by atoms with Gasteiger partial charge in [0.25, 0.3) is 0 Å². The van der Waals surface area contributed by atoms with Crippen LogP contribution in [0.25, 0.3) is 10.8 Å². The molecule has 2 rings (SSSR count). The molecule has 0 radical (unpaired) electrons. The molecule has 0 atom stereocenters. The molecule has 0 amide bonds. The van der Waals surface area contributed by atoms with Crippen LogP contribution in [-0.4, -0.2) is 0 Å². The third-order valence-electron chi connectivity index (χ3n) is 2.78. The summed E-state index contributed by atoms with van der Waals surface area (Å²) >= 11 is 6.58. The van der Waals surface area contributed by atoms with Crippen LogP contribution in [0.1, 0.15) is 22.3 Å². The maximum absolute atomic E-state index is 9.13. The van der Waals surface area contributed by atoms with Crippen molar-refractivity contribution in [1.82, 2.24) is 0 Å². The van der Waals surface area contributed by atoms with Gasteiger partial charge in [-0.2, -0.15) is 21.0 Å². The van der Waals surface area contributed by atoms with Crippen LogP contribution in [0, 0.1) is 45.3 Å². The van der Waals surface area contributed by atoms with Gasteiger partial charge in [-0.25, -0.2) is 0 Å². The second-order valence-corrected chi connectivity index (χ2v) is 5.35. The molecule has 4 nitrogen and oxygen atoms in total. The molecule has 0 spiro atoms. The Morgan fingerprint density at radius 3 is 1.25 bits per heavy atom. The van der Waals surface area contributed by atoms with Crippen LogP contribution in [0.5, 0.6) is 0 Å². The molecule has 6 heteroatoms. The standard InChI is InChI=1S/C14H2Br2N4/c15-13-9-1-7(3-17)11(5-19)14(16)10(9)2-8(4-18)12(13)6-20/h1-2H. The lowest BCUT2D eigenvalue weighted by atomic mass is 9.97. The number of nitriles is 4. The van der Waals surface area contributed by atoms with Gasteiger partial charge in [0.1, 0.15) is 24.3 Å². The van der Waals surface area contributed by atoms with Crippen molar-refractivity contribution in [3.05, 3.63) is 43.3 Å². The molecular formula is C14H2Br2N4. The van der Waals surface area contributed by atoms with E-state index in [1.807, 2.05) is 24.3 Å². The lowest BCUT2D eigenvalue weighted by Gasteiger charge is -2.09. The van der Waals surface area contributed by atoms with Gasteiger partial charge in [0, 0.05) is 8.95 Å². The van der Waals surface area contributed by atoms with E-state index in [-0.39, 0.29) is 22.3 Å². The Balaban J connectivity index is 3.12. The van der Waals surface area contributed by atoms with Gasteiger partial charge in [0.2, 0.25) is 0 Å². The second kappa shape index (κ2) is 5.32. The number of benzene rings is 2. The first-order valence-corrected chi connectivity index (χ1v) is 6.76. The van der Waals surface area contributed by atoms with E-state index in [2.05, 4.69) is 31.9 Å². The predicted molar refractivity (Wildman–Crippen MR) is 78.2 cm³/mol. The van der Waals surface area contributed by atoms with E-state index in [0.717, 1.165) is 0 Å². The average Bonchev–Trinajstić information content (AvgIpc) is 2.47. The molecule has 2 aromatic carbocycles.